The SMILES string of the molecule is CCCc1nsc2ncnc(NC3CCC(N4CCOCC4)CC3)c12. The van der Waals surface area contributed by atoms with Crippen LogP contribution in [0, 0.1) is 0 Å². The van der Waals surface area contributed by atoms with Crippen LogP contribution in [0.1, 0.15) is 44.7 Å². The van der Waals surface area contributed by atoms with Crippen LogP contribution in [0.4, 0.5) is 5.82 Å². The molecule has 1 saturated heterocycles. The number of morpholine rings is 1. The normalized spacial score (nSPS) is 25.3. The van der Waals surface area contributed by atoms with Gasteiger partial charge in [0.1, 0.15) is 17.0 Å². The monoisotopic (exact) mass is 361 g/mol. The summed E-state index contributed by atoms with van der Waals surface area (Å²) in [6, 6.07) is 1.23. The number of anilines is 1. The highest BCUT2D eigenvalue weighted by Crippen LogP contribution is 2.31. The molecule has 3 heterocycles. The van der Waals surface area contributed by atoms with E-state index in [1.165, 1.54) is 37.2 Å². The molecular weight excluding hydrogens is 334 g/mol. The van der Waals surface area contributed by atoms with Crippen LogP contribution in [-0.4, -0.2) is 57.6 Å². The molecule has 0 atom stereocenters. The predicted molar refractivity (Wildman–Crippen MR) is 101 cm³/mol. The molecule has 1 aliphatic heterocycles. The number of nitrogens with zero attached hydrogens (tertiary/aromatic N) is 4. The van der Waals surface area contributed by atoms with E-state index in [-0.39, 0.29) is 0 Å². The van der Waals surface area contributed by atoms with E-state index in [0.29, 0.717) is 6.04 Å². The molecule has 6 nitrogen and oxygen atoms in total. The van der Waals surface area contributed by atoms with Crippen molar-refractivity contribution < 1.29 is 4.74 Å². The maximum atomic E-state index is 5.48. The number of rotatable bonds is 5. The van der Waals surface area contributed by atoms with Crippen LogP contribution >= 0.6 is 11.5 Å². The first kappa shape index (κ1) is 17.1. The van der Waals surface area contributed by atoms with E-state index in [0.717, 1.165) is 66.9 Å². The minimum Gasteiger partial charge on any atom is -0.379 e. The third kappa shape index (κ3) is 3.78. The highest BCUT2D eigenvalue weighted by atomic mass is 32.1. The fraction of sp³-hybridized carbons (Fsp3) is 0.722. The maximum Gasteiger partial charge on any atom is 0.149 e. The Morgan fingerprint density at radius 3 is 2.76 bits per heavy atom. The number of hydrogen-bond acceptors (Lipinski definition) is 7. The zero-order valence-corrected chi connectivity index (χ0v) is 15.7. The second kappa shape index (κ2) is 7.93. The molecule has 4 rings (SSSR count). The van der Waals surface area contributed by atoms with Crippen molar-refractivity contribution in [1.82, 2.24) is 19.2 Å². The smallest absolute Gasteiger partial charge is 0.149 e. The Kier molecular flexibility index (Phi) is 5.43. The summed E-state index contributed by atoms with van der Waals surface area (Å²) in [5, 5.41) is 4.85. The standard InChI is InChI=1S/C18H27N5OS/c1-2-3-15-16-17(19-12-20-18(16)25-22-15)21-13-4-6-14(7-5-13)23-8-10-24-11-9-23/h12-14H,2-11H2,1H3,(H,19,20,21). The Morgan fingerprint density at radius 2 is 2.00 bits per heavy atom. The Hall–Kier alpha value is -1.31. The molecule has 0 bridgehead atoms. The van der Waals surface area contributed by atoms with E-state index in [1.54, 1.807) is 6.33 Å². The Bertz CT molecular complexity index is 692. The van der Waals surface area contributed by atoms with Gasteiger partial charge in [0, 0.05) is 25.2 Å². The van der Waals surface area contributed by atoms with Crippen LogP contribution in [0.2, 0.25) is 0 Å². The molecule has 1 saturated carbocycles. The van der Waals surface area contributed by atoms with Gasteiger partial charge >= 0.3 is 0 Å². The molecule has 0 spiro atoms. The van der Waals surface area contributed by atoms with Gasteiger partial charge in [-0.25, -0.2) is 9.97 Å². The molecule has 2 aromatic rings. The molecule has 1 aliphatic carbocycles. The van der Waals surface area contributed by atoms with Crippen molar-refractivity contribution in [2.45, 2.75) is 57.5 Å². The van der Waals surface area contributed by atoms with Gasteiger partial charge < -0.3 is 10.1 Å². The molecule has 2 aromatic heterocycles. The second-order valence-corrected chi connectivity index (χ2v) is 7.83. The molecule has 2 fully saturated rings. The van der Waals surface area contributed by atoms with E-state index in [9.17, 15) is 0 Å². The van der Waals surface area contributed by atoms with Crippen molar-refractivity contribution in [3.63, 3.8) is 0 Å². The van der Waals surface area contributed by atoms with Gasteiger partial charge in [0.2, 0.25) is 0 Å². The molecule has 136 valence electrons. The third-order valence-electron chi connectivity index (χ3n) is 5.43. The Labute approximate surface area is 153 Å². The van der Waals surface area contributed by atoms with Crippen LogP contribution < -0.4 is 5.32 Å². The van der Waals surface area contributed by atoms with Crippen LogP contribution in [0.25, 0.3) is 10.2 Å². The first-order valence-electron chi connectivity index (χ1n) is 9.52. The zero-order chi connectivity index (χ0) is 17.1. The largest absolute Gasteiger partial charge is 0.379 e. The number of ether oxygens (including phenoxy) is 1. The summed E-state index contributed by atoms with van der Waals surface area (Å²) in [5.74, 6) is 0.983. The lowest BCUT2D eigenvalue weighted by Gasteiger charge is -2.39. The van der Waals surface area contributed by atoms with Gasteiger partial charge in [-0.05, 0) is 43.6 Å². The quantitative estimate of drug-likeness (QED) is 0.883. The number of fused-ring (bicyclic) bond motifs is 1. The minimum atomic E-state index is 0.504. The lowest BCUT2D eigenvalue weighted by atomic mass is 9.90. The average molecular weight is 362 g/mol. The lowest BCUT2D eigenvalue weighted by molar-refractivity contribution is 0.00791. The van der Waals surface area contributed by atoms with Crippen LogP contribution in [0.15, 0.2) is 6.33 Å². The molecule has 0 amide bonds. The van der Waals surface area contributed by atoms with Gasteiger partial charge in [-0.15, -0.1) is 0 Å². The number of aromatic nitrogens is 3. The number of aryl methyl sites for hydroxylation is 1. The summed E-state index contributed by atoms with van der Waals surface area (Å²) < 4.78 is 10.1. The van der Waals surface area contributed by atoms with Gasteiger partial charge in [-0.2, -0.15) is 4.37 Å². The molecule has 0 radical (unpaired) electrons. The van der Waals surface area contributed by atoms with Crippen molar-refractivity contribution in [2.24, 2.45) is 0 Å². The molecule has 25 heavy (non-hydrogen) atoms. The van der Waals surface area contributed by atoms with Gasteiger partial charge in [0.05, 0.1) is 24.3 Å². The third-order valence-corrected chi connectivity index (χ3v) is 6.22. The van der Waals surface area contributed by atoms with Gasteiger partial charge in [-0.1, -0.05) is 13.3 Å². The van der Waals surface area contributed by atoms with Crippen LogP contribution in [0.3, 0.4) is 0 Å². The van der Waals surface area contributed by atoms with Crippen LogP contribution in [0.5, 0.6) is 0 Å². The highest BCUT2D eigenvalue weighted by molar-refractivity contribution is 7.13. The lowest BCUT2D eigenvalue weighted by Crippen LogP contribution is -2.46. The van der Waals surface area contributed by atoms with Crippen molar-refractivity contribution in [3.8, 4) is 0 Å². The van der Waals surface area contributed by atoms with E-state index >= 15 is 0 Å². The average Bonchev–Trinajstić information content (AvgIpc) is 3.08. The molecule has 1 N–H and O–H groups in total. The summed E-state index contributed by atoms with van der Waals surface area (Å²) in [4.78, 5) is 12.6. The van der Waals surface area contributed by atoms with E-state index in [2.05, 4.69) is 31.5 Å². The fourth-order valence-electron chi connectivity index (χ4n) is 4.08. The molecular formula is C18H27N5OS. The summed E-state index contributed by atoms with van der Waals surface area (Å²) in [6.45, 7) is 6.16. The summed E-state index contributed by atoms with van der Waals surface area (Å²) in [6.07, 6.45) is 8.68. The van der Waals surface area contributed by atoms with Crippen LogP contribution in [-0.2, 0) is 11.2 Å². The van der Waals surface area contributed by atoms with Crippen molar-refractivity contribution >= 4 is 27.6 Å². The first-order chi connectivity index (χ1) is 12.3. The Balaban J connectivity index is 1.41. The second-order valence-electron chi connectivity index (χ2n) is 7.08. The minimum absolute atomic E-state index is 0.504. The topological polar surface area (TPSA) is 63.2 Å². The van der Waals surface area contributed by atoms with Crippen molar-refractivity contribution in [3.05, 3.63) is 12.0 Å². The first-order valence-corrected chi connectivity index (χ1v) is 10.3. The number of nitrogens with one attached hydrogen (secondary N) is 1. The predicted octanol–water partition coefficient (Wildman–Crippen LogP) is 3.09. The fourth-order valence-corrected chi connectivity index (χ4v) is 4.86. The van der Waals surface area contributed by atoms with Gasteiger partial charge in [0.25, 0.3) is 0 Å². The zero-order valence-electron chi connectivity index (χ0n) is 14.9. The Morgan fingerprint density at radius 1 is 1.20 bits per heavy atom. The van der Waals surface area contributed by atoms with Gasteiger partial charge in [-0.3, -0.25) is 4.90 Å². The van der Waals surface area contributed by atoms with Crippen molar-refractivity contribution in [1.29, 1.82) is 0 Å². The summed E-state index contributed by atoms with van der Waals surface area (Å²) in [5.41, 5.74) is 1.15. The van der Waals surface area contributed by atoms with Crippen molar-refractivity contribution in [2.75, 3.05) is 31.6 Å². The molecule has 0 unspecified atom stereocenters. The van der Waals surface area contributed by atoms with E-state index < -0.39 is 0 Å². The molecule has 0 aromatic carbocycles. The maximum absolute atomic E-state index is 5.48. The van der Waals surface area contributed by atoms with Gasteiger partial charge in [0.15, 0.2) is 0 Å². The summed E-state index contributed by atoms with van der Waals surface area (Å²) in [7, 11) is 0. The summed E-state index contributed by atoms with van der Waals surface area (Å²) >= 11 is 1.49. The molecule has 2 aliphatic rings. The van der Waals surface area contributed by atoms with E-state index in [1.807, 2.05) is 0 Å². The molecule has 7 heteroatoms. The number of hydrogen-bond donors (Lipinski definition) is 1. The van der Waals surface area contributed by atoms with E-state index in [4.69, 9.17) is 4.74 Å². The highest BCUT2D eigenvalue weighted by Gasteiger charge is 2.27.